The van der Waals surface area contributed by atoms with Crippen LogP contribution in [0.25, 0.3) is 0 Å². The van der Waals surface area contributed by atoms with Crippen molar-refractivity contribution in [3.05, 3.63) is 0 Å². The summed E-state index contributed by atoms with van der Waals surface area (Å²) in [6.07, 6.45) is 4.87. The van der Waals surface area contributed by atoms with E-state index in [0.717, 1.165) is 38.7 Å². The first-order chi connectivity index (χ1) is 7.34. The van der Waals surface area contributed by atoms with Gasteiger partial charge in [0.25, 0.3) is 0 Å². The predicted octanol–water partition coefficient (Wildman–Crippen LogP) is 2.19. The highest BCUT2D eigenvalue weighted by molar-refractivity contribution is 5.82. The van der Waals surface area contributed by atoms with E-state index in [2.05, 4.69) is 6.92 Å². The molecule has 3 nitrogen and oxygen atoms in total. The Bertz CT molecular complexity index is 180. The number of rotatable bonds is 8. The van der Waals surface area contributed by atoms with E-state index in [1.54, 1.807) is 0 Å². The Balaban J connectivity index is 1.86. The Morgan fingerprint density at radius 2 is 1.93 bits per heavy atom. The van der Waals surface area contributed by atoms with Crippen LogP contribution in [0.1, 0.15) is 39.0 Å². The molecule has 0 aliphatic heterocycles. The molecule has 1 aliphatic carbocycles. The molecule has 0 aromatic heterocycles. The average Bonchev–Trinajstić information content (AvgIpc) is 2.63. The Hall–Kier alpha value is -0.410. The molecular formula is C12H22O3. The number of ketones is 1. The molecule has 0 amide bonds. The van der Waals surface area contributed by atoms with E-state index in [0.29, 0.717) is 25.6 Å². The van der Waals surface area contributed by atoms with E-state index in [1.807, 2.05) is 0 Å². The Kier molecular flexibility index (Phi) is 6.60. The highest BCUT2D eigenvalue weighted by Crippen LogP contribution is 2.23. The van der Waals surface area contributed by atoms with Crippen molar-refractivity contribution in [3.63, 3.8) is 0 Å². The number of hydrogen-bond acceptors (Lipinski definition) is 3. The van der Waals surface area contributed by atoms with Gasteiger partial charge in [-0.1, -0.05) is 6.92 Å². The Morgan fingerprint density at radius 1 is 1.20 bits per heavy atom. The fraction of sp³-hybridized carbons (Fsp3) is 0.917. The smallest absolute Gasteiger partial charge is 0.136 e. The van der Waals surface area contributed by atoms with Crippen molar-refractivity contribution in [2.24, 2.45) is 5.92 Å². The summed E-state index contributed by atoms with van der Waals surface area (Å²) in [6, 6.07) is 0. The van der Waals surface area contributed by atoms with Gasteiger partial charge in [-0.3, -0.25) is 4.79 Å². The SMILES string of the molecule is CCCOCCOCCC1CCCC1=O. The standard InChI is InChI=1S/C12H22O3/c1-2-7-14-9-10-15-8-6-11-4-3-5-12(11)13/h11H,2-10H2,1H3. The summed E-state index contributed by atoms with van der Waals surface area (Å²) < 4.78 is 10.7. The molecule has 0 aromatic rings. The van der Waals surface area contributed by atoms with Gasteiger partial charge in [-0.2, -0.15) is 0 Å². The lowest BCUT2D eigenvalue weighted by atomic mass is 10.0. The number of Topliss-reactive ketones (excluding diaryl/α,β-unsaturated/α-hetero) is 1. The van der Waals surface area contributed by atoms with Gasteiger partial charge >= 0.3 is 0 Å². The quantitative estimate of drug-likeness (QED) is 0.581. The third kappa shape index (κ3) is 5.28. The van der Waals surface area contributed by atoms with Gasteiger partial charge in [0.1, 0.15) is 5.78 Å². The molecule has 0 bridgehead atoms. The summed E-state index contributed by atoms with van der Waals surface area (Å²) in [5.74, 6) is 0.711. The molecule has 0 saturated heterocycles. The highest BCUT2D eigenvalue weighted by atomic mass is 16.5. The lowest BCUT2D eigenvalue weighted by Crippen LogP contribution is -2.12. The molecule has 3 heteroatoms. The van der Waals surface area contributed by atoms with Gasteiger partial charge < -0.3 is 9.47 Å². The van der Waals surface area contributed by atoms with Gasteiger partial charge in [-0.25, -0.2) is 0 Å². The monoisotopic (exact) mass is 214 g/mol. The topological polar surface area (TPSA) is 35.5 Å². The van der Waals surface area contributed by atoms with Crippen molar-refractivity contribution in [1.29, 1.82) is 0 Å². The maximum absolute atomic E-state index is 11.3. The van der Waals surface area contributed by atoms with Crippen LogP contribution in [0.15, 0.2) is 0 Å². The molecule has 15 heavy (non-hydrogen) atoms. The molecule has 1 unspecified atom stereocenters. The first kappa shape index (κ1) is 12.7. The lowest BCUT2D eigenvalue weighted by Gasteiger charge is -2.08. The van der Waals surface area contributed by atoms with E-state index in [-0.39, 0.29) is 5.92 Å². The summed E-state index contributed by atoms with van der Waals surface area (Å²) >= 11 is 0. The van der Waals surface area contributed by atoms with Crippen LogP contribution in [0.2, 0.25) is 0 Å². The van der Waals surface area contributed by atoms with Gasteiger partial charge in [-0.05, 0) is 25.7 Å². The van der Waals surface area contributed by atoms with Crippen LogP contribution < -0.4 is 0 Å². The minimum Gasteiger partial charge on any atom is -0.379 e. The third-order valence-corrected chi connectivity index (χ3v) is 2.76. The number of hydrogen-bond donors (Lipinski definition) is 0. The fourth-order valence-corrected chi connectivity index (χ4v) is 1.89. The fourth-order valence-electron chi connectivity index (χ4n) is 1.89. The summed E-state index contributed by atoms with van der Waals surface area (Å²) in [5.41, 5.74) is 0. The molecule has 0 radical (unpaired) electrons. The maximum Gasteiger partial charge on any atom is 0.136 e. The lowest BCUT2D eigenvalue weighted by molar-refractivity contribution is -0.121. The average molecular weight is 214 g/mol. The van der Waals surface area contributed by atoms with Crippen LogP contribution in [0.5, 0.6) is 0 Å². The van der Waals surface area contributed by atoms with Gasteiger partial charge in [0.05, 0.1) is 13.2 Å². The Labute approximate surface area is 92.1 Å². The van der Waals surface area contributed by atoms with Crippen LogP contribution >= 0.6 is 0 Å². The summed E-state index contributed by atoms with van der Waals surface area (Å²) in [7, 11) is 0. The van der Waals surface area contributed by atoms with E-state index >= 15 is 0 Å². The largest absolute Gasteiger partial charge is 0.379 e. The van der Waals surface area contributed by atoms with E-state index < -0.39 is 0 Å². The molecule has 1 saturated carbocycles. The van der Waals surface area contributed by atoms with Gasteiger partial charge in [0, 0.05) is 25.6 Å². The second-order valence-electron chi connectivity index (χ2n) is 4.07. The van der Waals surface area contributed by atoms with Crippen LogP contribution in [0.4, 0.5) is 0 Å². The van der Waals surface area contributed by atoms with Crippen LogP contribution in [-0.4, -0.2) is 32.2 Å². The first-order valence-electron chi connectivity index (χ1n) is 6.02. The zero-order chi connectivity index (χ0) is 10.9. The zero-order valence-electron chi connectivity index (χ0n) is 9.67. The Morgan fingerprint density at radius 3 is 2.53 bits per heavy atom. The molecule has 0 N–H and O–H groups in total. The summed E-state index contributed by atoms with van der Waals surface area (Å²) in [4.78, 5) is 11.3. The van der Waals surface area contributed by atoms with Crippen molar-refractivity contribution >= 4 is 5.78 Å². The predicted molar refractivity (Wildman–Crippen MR) is 58.9 cm³/mol. The van der Waals surface area contributed by atoms with E-state index in [4.69, 9.17) is 9.47 Å². The van der Waals surface area contributed by atoms with Crippen molar-refractivity contribution in [2.45, 2.75) is 39.0 Å². The molecule has 1 fully saturated rings. The molecule has 1 rings (SSSR count). The van der Waals surface area contributed by atoms with Gasteiger partial charge in [-0.15, -0.1) is 0 Å². The van der Waals surface area contributed by atoms with Crippen LogP contribution in [0.3, 0.4) is 0 Å². The third-order valence-electron chi connectivity index (χ3n) is 2.76. The maximum atomic E-state index is 11.3. The number of ether oxygens (including phenoxy) is 2. The molecular weight excluding hydrogens is 192 g/mol. The second kappa shape index (κ2) is 7.83. The van der Waals surface area contributed by atoms with Crippen molar-refractivity contribution in [3.8, 4) is 0 Å². The number of carbonyl (C=O) groups excluding carboxylic acids is 1. The van der Waals surface area contributed by atoms with E-state index in [9.17, 15) is 4.79 Å². The summed E-state index contributed by atoms with van der Waals surface area (Å²) in [6.45, 7) is 4.93. The van der Waals surface area contributed by atoms with Crippen LogP contribution in [0, 0.1) is 5.92 Å². The highest BCUT2D eigenvalue weighted by Gasteiger charge is 2.23. The van der Waals surface area contributed by atoms with Crippen molar-refractivity contribution < 1.29 is 14.3 Å². The molecule has 0 aromatic carbocycles. The normalized spacial score (nSPS) is 21.1. The van der Waals surface area contributed by atoms with Gasteiger partial charge in [0.2, 0.25) is 0 Å². The van der Waals surface area contributed by atoms with Crippen molar-refractivity contribution in [1.82, 2.24) is 0 Å². The van der Waals surface area contributed by atoms with Crippen molar-refractivity contribution in [2.75, 3.05) is 26.4 Å². The minimum absolute atomic E-state index is 0.279. The summed E-state index contributed by atoms with van der Waals surface area (Å²) in [5, 5.41) is 0. The molecule has 1 aliphatic rings. The second-order valence-corrected chi connectivity index (χ2v) is 4.07. The molecule has 88 valence electrons. The molecule has 0 heterocycles. The zero-order valence-corrected chi connectivity index (χ0v) is 9.67. The van der Waals surface area contributed by atoms with Crippen LogP contribution in [-0.2, 0) is 14.3 Å². The molecule has 1 atom stereocenters. The van der Waals surface area contributed by atoms with E-state index in [1.165, 1.54) is 0 Å². The van der Waals surface area contributed by atoms with Gasteiger partial charge in [0.15, 0.2) is 0 Å². The first-order valence-corrected chi connectivity index (χ1v) is 6.02. The number of carbonyl (C=O) groups is 1. The molecule has 0 spiro atoms. The minimum atomic E-state index is 0.279.